The van der Waals surface area contributed by atoms with Crippen LogP contribution in [0.2, 0.25) is 0 Å². The number of hydrogen-bond donors (Lipinski definition) is 1. The van der Waals surface area contributed by atoms with Crippen molar-refractivity contribution >= 4 is 12.1 Å². The van der Waals surface area contributed by atoms with Gasteiger partial charge in [0.25, 0.3) is 0 Å². The first-order chi connectivity index (χ1) is 9.17. The molecular weight excluding hydrogens is 246 g/mol. The average molecular weight is 263 g/mol. The zero-order chi connectivity index (χ0) is 14.1. The van der Waals surface area contributed by atoms with Crippen molar-refractivity contribution in [2.24, 2.45) is 0 Å². The van der Waals surface area contributed by atoms with Gasteiger partial charge in [-0.05, 0) is 12.0 Å². The van der Waals surface area contributed by atoms with Gasteiger partial charge in [-0.1, -0.05) is 36.4 Å². The number of hydrogen-bond acceptors (Lipinski definition) is 4. The lowest BCUT2D eigenvalue weighted by atomic mass is 10.2. The Morgan fingerprint density at radius 2 is 2.05 bits per heavy atom. The van der Waals surface area contributed by atoms with Gasteiger partial charge < -0.3 is 14.8 Å². The van der Waals surface area contributed by atoms with Crippen LogP contribution in [0.4, 0.5) is 4.79 Å². The van der Waals surface area contributed by atoms with Crippen LogP contribution in [0, 0.1) is 0 Å². The van der Waals surface area contributed by atoms with Gasteiger partial charge in [0, 0.05) is 0 Å². The van der Waals surface area contributed by atoms with E-state index in [9.17, 15) is 9.59 Å². The first kappa shape index (κ1) is 14.8. The van der Waals surface area contributed by atoms with E-state index in [1.807, 2.05) is 30.3 Å². The van der Waals surface area contributed by atoms with Gasteiger partial charge in [-0.15, -0.1) is 6.58 Å². The molecule has 0 fully saturated rings. The zero-order valence-electron chi connectivity index (χ0n) is 10.8. The number of nitrogens with one attached hydrogen (secondary N) is 1. The summed E-state index contributed by atoms with van der Waals surface area (Å²) in [5, 5.41) is 2.43. The molecule has 1 aromatic carbocycles. The quantitative estimate of drug-likeness (QED) is 0.630. The number of methoxy groups -OCH3 is 1. The molecule has 0 heterocycles. The van der Waals surface area contributed by atoms with Crippen molar-refractivity contribution in [3.05, 3.63) is 48.6 Å². The Hall–Kier alpha value is -2.30. The van der Waals surface area contributed by atoms with Crippen molar-refractivity contribution in [2.75, 3.05) is 7.11 Å². The molecule has 1 atom stereocenters. The molecule has 0 radical (unpaired) electrons. The highest BCUT2D eigenvalue weighted by Gasteiger charge is 2.20. The monoisotopic (exact) mass is 263 g/mol. The number of alkyl carbamates (subject to hydrolysis) is 1. The van der Waals surface area contributed by atoms with Gasteiger partial charge in [0.15, 0.2) is 0 Å². The molecule has 0 aliphatic rings. The second-order valence-electron chi connectivity index (χ2n) is 3.81. The SMILES string of the molecule is C=CC[C@H](NC(=O)OCc1ccccc1)C(=O)OC. The number of rotatable bonds is 6. The normalized spacial score (nSPS) is 11.2. The molecule has 1 rings (SSSR count). The van der Waals surface area contributed by atoms with E-state index in [4.69, 9.17) is 4.74 Å². The van der Waals surface area contributed by atoms with Crippen LogP contribution in [0.5, 0.6) is 0 Å². The summed E-state index contributed by atoms with van der Waals surface area (Å²) < 4.78 is 9.58. The number of ether oxygens (including phenoxy) is 2. The average Bonchev–Trinajstić information content (AvgIpc) is 2.45. The van der Waals surface area contributed by atoms with E-state index in [1.54, 1.807) is 0 Å². The van der Waals surface area contributed by atoms with Crippen LogP contribution in [0.3, 0.4) is 0 Å². The number of amides is 1. The molecule has 5 heteroatoms. The maximum absolute atomic E-state index is 11.5. The van der Waals surface area contributed by atoms with Crippen molar-refractivity contribution < 1.29 is 19.1 Å². The summed E-state index contributed by atoms with van der Waals surface area (Å²) in [7, 11) is 1.26. The minimum Gasteiger partial charge on any atom is -0.467 e. The molecule has 0 aromatic heterocycles. The number of benzene rings is 1. The molecule has 0 spiro atoms. The molecular formula is C14H17NO4. The van der Waals surface area contributed by atoms with E-state index >= 15 is 0 Å². The molecule has 0 aliphatic carbocycles. The highest BCUT2D eigenvalue weighted by molar-refractivity contribution is 5.81. The highest BCUT2D eigenvalue weighted by atomic mass is 16.6. The zero-order valence-corrected chi connectivity index (χ0v) is 10.8. The Morgan fingerprint density at radius 1 is 1.37 bits per heavy atom. The minimum absolute atomic E-state index is 0.147. The van der Waals surface area contributed by atoms with Gasteiger partial charge in [-0.2, -0.15) is 0 Å². The van der Waals surface area contributed by atoms with Crippen molar-refractivity contribution in [3.63, 3.8) is 0 Å². The molecule has 0 saturated carbocycles. The van der Waals surface area contributed by atoms with E-state index in [0.717, 1.165) is 5.56 Å². The number of carbonyl (C=O) groups is 2. The second-order valence-corrected chi connectivity index (χ2v) is 3.81. The Balaban J connectivity index is 2.44. The standard InChI is InChI=1S/C14H17NO4/c1-3-7-12(13(16)18-2)15-14(17)19-10-11-8-5-4-6-9-11/h3-6,8-9,12H,1,7,10H2,2H3,(H,15,17)/t12-/m0/s1. The van der Waals surface area contributed by atoms with Gasteiger partial charge in [0.2, 0.25) is 0 Å². The van der Waals surface area contributed by atoms with Crippen LogP contribution in [0.15, 0.2) is 43.0 Å². The third-order valence-corrected chi connectivity index (χ3v) is 2.39. The fourth-order valence-corrected chi connectivity index (χ4v) is 1.43. The molecule has 102 valence electrons. The first-order valence-electron chi connectivity index (χ1n) is 5.83. The topological polar surface area (TPSA) is 64.6 Å². The van der Waals surface area contributed by atoms with Crippen molar-refractivity contribution in [2.45, 2.75) is 19.1 Å². The molecule has 0 saturated heterocycles. The molecule has 0 bridgehead atoms. The molecule has 19 heavy (non-hydrogen) atoms. The minimum atomic E-state index is -0.772. The summed E-state index contributed by atoms with van der Waals surface area (Å²) in [6.07, 6.45) is 1.15. The van der Waals surface area contributed by atoms with Crippen molar-refractivity contribution in [1.29, 1.82) is 0 Å². The fourth-order valence-electron chi connectivity index (χ4n) is 1.43. The largest absolute Gasteiger partial charge is 0.467 e. The van der Waals surface area contributed by atoms with Crippen LogP contribution >= 0.6 is 0 Å². The molecule has 1 aromatic rings. The van der Waals surface area contributed by atoms with E-state index in [2.05, 4.69) is 16.6 Å². The Kier molecular flexibility index (Phi) is 6.15. The van der Waals surface area contributed by atoms with Gasteiger partial charge in [-0.25, -0.2) is 9.59 Å². The first-order valence-corrected chi connectivity index (χ1v) is 5.83. The van der Waals surface area contributed by atoms with Gasteiger partial charge in [0.05, 0.1) is 7.11 Å². The number of carbonyl (C=O) groups excluding carboxylic acids is 2. The van der Waals surface area contributed by atoms with Crippen LogP contribution in [0.1, 0.15) is 12.0 Å². The van der Waals surface area contributed by atoms with E-state index in [0.29, 0.717) is 0 Å². The summed E-state index contributed by atoms with van der Waals surface area (Å²) in [5.74, 6) is -0.531. The Labute approximate surface area is 112 Å². The summed E-state index contributed by atoms with van der Waals surface area (Å²) in [6, 6.07) is 8.49. The van der Waals surface area contributed by atoms with Gasteiger partial charge in [-0.3, -0.25) is 0 Å². The predicted molar refractivity (Wildman–Crippen MR) is 70.4 cm³/mol. The smallest absolute Gasteiger partial charge is 0.408 e. The lowest BCUT2D eigenvalue weighted by Gasteiger charge is -2.14. The van der Waals surface area contributed by atoms with Gasteiger partial charge >= 0.3 is 12.1 Å². The third kappa shape index (κ3) is 5.25. The van der Waals surface area contributed by atoms with Crippen LogP contribution in [0.25, 0.3) is 0 Å². The van der Waals surface area contributed by atoms with E-state index < -0.39 is 18.1 Å². The van der Waals surface area contributed by atoms with Crippen molar-refractivity contribution in [3.8, 4) is 0 Å². The molecule has 1 amide bonds. The van der Waals surface area contributed by atoms with Crippen LogP contribution in [-0.4, -0.2) is 25.2 Å². The lowest BCUT2D eigenvalue weighted by molar-refractivity contribution is -0.142. The molecule has 1 N–H and O–H groups in total. The van der Waals surface area contributed by atoms with E-state index in [1.165, 1.54) is 13.2 Å². The lowest BCUT2D eigenvalue weighted by Crippen LogP contribution is -2.41. The summed E-state index contributed by atoms with van der Waals surface area (Å²) in [5.41, 5.74) is 0.871. The van der Waals surface area contributed by atoms with Crippen LogP contribution < -0.4 is 5.32 Å². The highest BCUT2D eigenvalue weighted by Crippen LogP contribution is 2.02. The van der Waals surface area contributed by atoms with Crippen LogP contribution in [-0.2, 0) is 20.9 Å². The summed E-state index contributed by atoms with van der Waals surface area (Å²) in [4.78, 5) is 22.9. The number of esters is 1. The molecule has 0 unspecified atom stereocenters. The summed E-state index contributed by atoms with van der Waals surface area (Å²) in [6.45, 7) is 3.67. The Morgan fingerprint density at radius 3 is 2.63 bits per heavy atom. The maximum atomic E-state index is 11.5. The van der Waals surface area contributed by atoms with Gasteiger partial charge in [0.1, 0.15) is 12.6 Å². The summed E-state index contributed by atoms with van der Waals surface area (Å²) >= 11 is 0. The predicted octanol–water partition coefficient (Wildman–Crippen LogP) is 2.03. The molecule has 0 aliphatic heterocycles. The fraction of sp³-hybridized carbons (Fsp3) is 0.286. The van der Waals surface area contributed by atoms with Crippen molar-refractivity contribution in [1.82, 2.24) is 5.32 Å². The second kappa shape index (κ2) is 7.92. The Bertz CT molecular complexity index is 430. The maximum Gasteiger partial charge on any atom is 0.408 e. The van der Waals surface area contributed by atoms with E-state index in [-0.39, 0.29) is 13.0 Å². The third-order valence-electron chi connectivity index (χ3n) is 2.39. The molecule has 5 nitrogen and oxygen atoms in total.